The molecule has 2 aliphatic rings. The third kappa shape index (κ3) is 3.30. The van der Waals surface area contributed by atoms with E-state index >= 15 is 0 Å². The van der Waals surface area contributed by atoms with Gasteiger partial charge in [0, 0.05) is 56.4 Å². The zero-order valence-corrected chi connectivity index (χ0v) is 16.7. The average Bonchev–Trinajstić information content (AvgIpc) is 3.30. The van der Waals surface area contributed by atoms with E-state index in [-0.39, 0.29) is 17.4 Å². The quantitative estimate of drug-likeness (QED) is 0.678. The summed E-state index contributed by atoms with van der Waals surface area (Å²) >= 11 is 0. The first-order valence-electron chi connectivity index (χ1n) is 10.00. The van der Waals surface area contributed by atoms with Crippen molar-refractivity contribution in [3.8, 4) is 17.3 Å². The van der Waals surface area contributed by atoms with Crippen molar-refractivity contribution in [2.75, 3.05) is 18.4 Å². The van der Waals surface area contributed by atoms with Crippen molar-refractivity contribution < 1.29 is 4.79 Å². The monoisotopic (exact) mass is 402 g/mol. The van der Waals surface area contributed by atoms with Crippen LogP contribution < -0.4 is 5.32 Å². The zero-order chi connectivity index (χ0) is 20.7. The number of aryl methyl sites for hydroxylation is 1. The van der Waals surface area contributed by atoms with Gasteiger partial charge in [0.2, 0.25) is 11.9 Å². The van der Waals surface area contributed by atoms with Crippen molar-refractivity contribution in [1.82, 2.24) is 29.2 Å². The number of aromatic nitrogens is 5. The number of amides is 1. The number of hydrogen-bond acceptors (Lipinski definition) is 6. The van der Waals surface area contributed by atoms with Crippen LogP contribution in [-0.2, 0) is 17.4 Å². The normalized spacial score (nSPS) is 17.3. The Morgan fingerprint density at radius 2 is 2.17 bits per heavy atom. The molecule has 30 heavy (non-hydrogen) atoms. The summed E-state index contributed by atoms with van der Waals surface area (Å²) in [4.78, 5) is 23.1. The molecule has 0 radical (unpaired) electrons. The van der Waals surface area contributed by atoms with E-state index < -0.39 is 0 Å². The maximum absolute atomic E-state index is 12.3. The lowest BCUT2D eigenvalue weighted by atomic mass is 9.86. The molecular weight excluding hydrogens is 380 g/mol. The maximum atomic E-state index is 12.3. The van der Waals surface area contributed by atoms with Gasteiger partial charge in [-0.05, 0) is 25.0 Å². The molecule has 1 aliphatic carbocycles. The Kier molecular flexibility index (Phi) is 4.28. The third-order valence-corrected chi connectivity index (χ3v) is 5.77. The highest BCUT2D eigenvalue weighted by Gasteiger charge is 2.49. The molecule has 9 heteroatoms. The van der Waals surface area contributed by atoms with Gasteiger partial charge in [-0.15, -0.1) is 0 Å². The lowest BCUT2D eigenvalue weighted by Gasteiger charge is -2.50. The van der Waals surface area contributed by atoms with E-state index in [0.29, 0.717) is 25.5 Å². The molecular formula is C21H22N8O. The summed E-state index contributed by atoms with van der Waals surface area (Å²) in [7, 11) is 1.85. The van der Waals surface area contributed by atoms with Gasteiger partial charge >= 0.3 is 0 Å². The fourth-order valence-electron chi connectivity index (χ4n) is 3.96. The number of rotatable bonds is 6. The van der Waals surface area contributed by atoms with Gasteiger partial charge in [0.05, 0.1) is 35.6 Å². The Morgan fingerprint density at radius 1 is 1.33 bits per heavy atom. The van der Waals surface area contributed by atoms with Gasteiger partial charge in [0.25, 0.3) is 0 Å². The number of nitriles is 1. The van der Waals surface area contributed by atoms with E-state index in [2.05, 4.69) is 31.0 Å². The predicted octanol–water partition coefficient (Wildman–Crippen LogP) is 2.28. The van der Waals surface area contributed by atoms with Crippen LogP contribution in [0.15, 0.2) is 43.1 Å². The number of anilines is 2. The topological polar surface area (TPSA) is 105 Å². The van der Waals surface area contributed by atoms with Gasteiger partial charge in [-0.25, -0.2) is 9.97 Å². The molecule has 1 saturated heterocycles. The molecule has 1 aliphatic heterocycles. The smallest absolute Gasteiger partial charge is 0.227 e. The zero-order valence-electron chi connectivity index (χ0n) is 16.7. The van der Waals surface area contributed by atoms with E-state index in [1.54, 1.807) is 17.1 Å². The van der Waals surface area contributed by atoms with Crippen LogP contribution in [0, 0.1) is 17.2 Å². The fraction of sp³-hybridized carbons (Fsp3) is 0.381. The van der Waals surface area contributed by atoms with Crippen LogP contribution >= 0.6 is 0 Å². The second-order valence-corrected chi connectivity index (χ2v) is 8.13. The Balaban J connectivity index is 1.35. The number of likely N-dealkylation sites (tertiary alicyclic amines) is 1. The summed E-state index contributed by atoms with van der Waals surface area (Å²) in [5.41, 5.74) is 2.18. The lowest BCUT2D eigenvalue weighted by Crippen LogP contribution is -2.64. The Labute approximate surface area is 174 Å². The first-order valence-corrected chi connectivity index (χ1v) is 10.00. The van der Waals surface area contributed by atoms with Gasteiger partial charge in [-0.2, -0.15) is 10.4 Å². The molecule has 1 saturated carbocycles. The first kappa shape index (κ1) is 18.4. The number of hydrogen-bond donors (Lipinski definition) is 1. The maximum Gasteiger partial charge on any atom is 0.227 e. The summed E-state index contributed by atoms with van der Waals surface area (Å²) in [6.07, 6.45) is 11.6. The molecule has 0 atom stereocenters. The van der Waals surface area contributed by atoms with Gasteiger partial charge < -0.3 is 14.8 Å². The van der Waals surface area contributed by atoms with Crippen molar-refractivity contribution >= 4 is 17.5 Å². The first-order chi connectivity index (χ1) is 14.6. The number of nitrogens with one attached hydrogen (secondary N) is 1. The summed E-state index contributed by atoms with van der Waals surface area (Å²) in [5.74, 6) is 0.930. The van der Waals surface area contributed by atoms with Crippen LogP contribution in [0.4, 0.5) is 11.6 Å². The van der Waals surface area contributed by atoms with Crippen LogP contribution in [0.2, 0.25) is 0 Å². The van der Waals surface area contributed by atoms with Crippen LogP contribution in [0.3, 0.4) is 0 Å². The van der Waals surface area contributed by atoms with E-state index in [1.165, 1.54) is 0 Å². The highest BCUT2D eigenvalue weighted by molar-refractivity contribution is 5.82. The van der Waals surface area contributed by atoms with E-state index in [9.17, 15) is 10.1 Å². The molecule has 0 unspecified atom stereocenters. The summed E-state index contributed by atoms with van der Waals surface area (Å²) < 4.78 is 3.77. The van der Waals surface area contributed by atoms with E-state index in [0.717, 1.165) is 29.8 Å². The molecule has 5 rings (SSSR count). The Morgan fingerprint density at radius 3 is 2.87 bits per heavy atom. The van der Waals surface area contributed by atoms with Gasteiger partial charge in [0.15, 0.2) is 0 Å². The molecule has 3 aromatic rings. The van der Waals surface area contributed by atoms with E-state index in [4.69, 9.17) is 0 Å². The average molecular weight is 402 g/mol. The largest absolute Gasteiger partial charge is 0.343 e. The molecule has 3 aromatic heterocycles. The number of carbonyl (C=O) groups is 1. The van der Waals surface area contributed by atoms with Crippen LogP contribution in [-0.4, -0.2) is 48.2 Å². The standard InChI is InChI=1S/C21H22N8O/c1-27-12-17(10-24-27)25-20-23-8-4-18(26-20)16-5-9-29(11-16)21(6-7-22)13-28(14-21)19(30)15-2-3-15/h4-5,8-12,15H,2-3,6,13-14H2,1H3,(H,23,25,26). The van der Waals surface area contributed by atoms with Crippen molar-refractivity contribution in [2.24, 2.45) is 13.0 Å². The molecule has 0 bridgehead atoms. The molecule has 1 N–H and O–H groups in total. The summed E-state index contributed by atoms with van der Waals surface area (Å²) in [6, 6.07) is 6.14. The Hall–Kier alpha value is -3.67. The van der Waals surface area contributed by atoms with Crippen LogP contribution in [0.5, 0.6) is 0 Å². The van der Waals surface area contributed by atoms with Crippen molar-refractivity contribution in [3.05, 3.63) is 43.1 Å². The van der Waals surface area contributed by atoms with Gasteiger partial charge in [-0.1, -0.05) is 0 Å². The van der Waals surface area contributed by atoms with Crippen LogP contribution in [0.25, 0.3) is 11.3 Å². The van der Waals surface area contributed by atoms with Crippen molar-refractivity contribution in [1.29, 1.82) is 5.26 Å². The molecule has 152 valence electrons. The summed E-state index contributed by atoms with van der Waals surface area (Å²) in [5, 5.41) is 16.7. The minimum atomic E-state index is -0.360. The number of carbonyl (C=O) groups excluding carboxylic acids is 1. The highest BCUT2D eigenvalue weighted by Crippen LogP contribution is 2.39. The van der Waals surface area contributed by atoms with E-state index in [1.807, 2.05) is 42.7 Å². The predicted molar refractivity (Wildman–Crippen MR) is 109 cm³/mol. The fourth-order valence-corrected chi connectivity index (χ4v) is 3.96. The van der Waals surface area contributed by atoms with Gasteiger partial charge in [0.1, 0.15) is 0 Å². The van der Waals surface area contributed by atoms with Crippen molar-refractivity contribution in [2.45, 2.75) is 24.8 Å². The molecule has 0 spiro atoms. The minimum Gasteiger partial charge on any atom is -0.343 e. The SMILES string of the molecule is Cn1cc(Nc2nccc(-c3ccn(C4(CC#N)CN(C(=O)C5CC5)C4)c3)n2)cn1. The second kappa shape index (κ2) is 6.99. The second-order valence-electron chi connectivity index (χ2n) is 8.13. The van der Waals surface area contributed by atoms with Crippen molar-refractivity contribution in [3.63, 3.8) is 0 Å². The lowest BCUT2D eigenvalue weighted by molar-refractivity contribution is -0.143. The molecule has 9 nitrogen and oxygen atoms in total. The third-order valence-electron chi connectivity index (χ3n) is 5.77. The minimum absolute atomic E-state index is 0.206. The molecule has 1 amide bonds. The summed E-state index contributed by atoms with van der Waals surface area (Å²) in [6.45, 7) is 1.17. The highest BCUT2D eigenvalue weighted by atomic mass is 16.2. The van der Waals surface area contributed by atoms with Gasteiger partial charge in [-0.3, -0.25) is 9.48 Å². The number of nitrogens with zero attached hydrogens (tertiary/aromatic N) is 7. The molecule has 2 fully saturated rings. The van der Waals surface area contributed by atoms with Crippen LogP contribution in [0.1, 0.15) is 19.3 Å². The molecule has 4 heterocycles. The Bertz CT molecular complexity index is 1130. The molecule has 0 aromatic carbocycles.